The average molecular weight is 526 g/mol. The number of methoxy groups -OCH3 is 1. The van der Waals surface area contributed by atoms with Crippen LogP contribution in [0.4, 0.5) is 0 Å². The van der Waals surface area contributed by atoms with E-state index < -0.39 is 16.1 Å². The van der Waals surface area contributed by atoms with Crippen LogP contribution in [0.1, 0.15) is 19.4 Å². The molecule has 0 saturated carbocycles. The molecule has 2 heterocycles. The van der Waals surface area contributed by atoms with Gasteiger partial charge in [-0.2, -0.15) is 4.31 Å². The van der Waals surface area contributed by atoms with Gasteiger partial charge in [-0.1, -0.05) is 31.2 Å². The largest absolute Gasteiger partial charge is 0.497 e. The van der Waals surface area contributed by atoms with Gasteiger partial charge in [-0.15, -0.1) is 0 Å². The molecule has 9 heteroatoms. The molecule has 0 radical (unpaired) electrons. The fourth-order valence-electron chi connectivity index (χ4n) is 4.58. The summed E-state index contributed by atoms with van der Waals surface area (Å²) in [5, 5.41) is 9.86. The molecular weight excluding hydrogens is 490 g/mol. The van der Waals surface area contributed by atoms with Crippen molar-refractivity contribution >= 4 is 10.0 Å². The van der Waals surface area contributed by atoms with Gasteiger partial charge in [0.1, 0.15) is 22.5 Å². The first-order valence-corrected chi connectivity index (χ1v) is 13.8. The number of hydrogen-bond acceptors (Lipinski definition) is 7. The fraction of sp³-hybridized carbons (Fsp3) is 0.393. The average Bonchev–Trinajstić information content (AvgIpc) is 2.90. The zero-order chi connectivity index (χ0) is 26.6. The number of pyridine rings is 1. The lowest BCUT2D eigenvalue weighted by molar-refractivity contribution is 0.0734. The van der Waals surface area contributed by atoms with Crippen molar-refractivity contribution in [2.24, 2.45) is 5.92 Å². The number of aliphatic hydroxyl groups is 1. The third-order valence-electron chi connectivity index (χ3n) is 6.76. The fourth-order valence-corrected chi connectivity index (χ4v) is 6.41. The van der Waals surface area contributed by atoms with E-state index in [2.05, 4.69) is 9.88 Å². The Balaban J connectivity index is 1.71. The highest BCUT2D eigenvalue weighted by Gasteiger charge is 2.38. The van der Waals surface area contributed by atoms with Gasteiger partial charge in [-0.25, -0.2) is 8.42 Å². The number of ether oxygens (including phenoxy) is 2. The Morgan fingerprint density at radius 1 is 1.19 bits per heavy atom. The van der Waals surface area contributed by atoms with Crippen LogP contribution < -0.4 is 9.47 Å². The number of likely N-dealkylation sites (N-methyl/N-ethyl adjacent to an activating group) is 1. The maximum Gasteiger partial charge on any atom is 0.247 e. The molecule has 0 amide bonds. The lowest BCUT2D eigenvalue weighted by Gasteiger charge is -2.37. The van der Waals surface area contributed by atoms with Gasteiger partial charge < -0.3 is 14.6 Å². The Morgan fingerprint density at radius 3 is 2.57 bits per heavy atom. The van der Waals surface area contributed by atoms with Crippen LogP contribution >= 0.6 is 0 Å². The molecule has 2 aromatic carbocycles. The van der Waals surface area contributed by atoms with Gasteiger partial charge >= 0.3 is 0 Å². The van der Waals surface area contributed by atoms with Gasteiger partial charge in [0.15, 0.2) is 0 Å². The van der Waals surface area contributed by atoms with Gasteiger partial charge in [-0.05, 0) is 61.0 Å². The highest BCUT2D eigenvalue weighted by molar-refractivity contribution is 7.89. The zero-order valence-corrected chi connectivity index (χ0v) is 22.6. The van der Waals surface area contributed by atoms with E-state index >= 15 is 0 Å². The molecule has 4 rings (SSSR count). The van der Waals surface area contributed by atoms with Crippen LogP contribution in [0.5, 0.6) is 11.5 Å². The summed E-state index contributed by atoms with van der Waals surface area (Å²) in [6, 6.07) is 16.2. The lowest BCUT2D eigenvalue weighted by atomic mass is 10.0. The molecule has 8 nitrogen and oxygen atoms in total. The molecule has 0 saturated heterocycles. The van der Waals surface area contributed by atoms with Crippen LogP contribution in [0.3, 0.4) is 0 Å². The Morgan fingerprint density at radius 2 is 1.92 bits per heavy atom. The molecule has 1 N–H and O–H groups in total. The summed E-state index contributed by atoms with van der Waals surface area (Å²) in [7, 11) is -0.259. The molecular formula is C28H35N3O5S. The highest BCUT2D eigenvalue weighted by atomic mass is 32.2. The second-order valence-corrected chi connectivity index (χ2v) is 11.5. The predicted molar refractivity (Wildman–Crippen MR) is 143 cm³/mol. The molecule has 3 atom stereocenters. The molecule has 0 aliphatic carbocycles. The Labute approximate surface area is 219 Å². The van der Waals surface area contributed by atoms with Crippen molar-refractivity contribution in [3.05, 3.63) is 72.6 Å². The standard InChI is InChI=1S/C28H35N3O5S/c1-20-16-31(21(2)19-32)37(33,34)28-12-9-24(23-7-10-25(35-4)11-8-23)14-26(28)36-27(20)18-30(3)17-22-6-5-13-29-15-22/h5-15,20-21,27,32H,16-19H2,1-4H3/t20-,21+,27-/m0/s1. The van der Waals surface area contributed by atoms with E-state index in [1.165, 1.54) is 4.31 Å². The Hall–Kier alpha value is -2.98. The molecule has 0 bridgehead atoms. The van der Waals surface area contributed by atoms with Crippen molar-refractivity contribution < 1.29 is 23.0 Å². The summed E-state index contributed by atoms with van der Waals surface area (Å²) in [6.45, 7) is 4.97. The molecule has 1 aliphatic heterocycles. The third kappa shape index (κ3) is 6.13. The number of benzene rings is 2. The molecule has 0 fully saturated rings. The maximum atomic E-state index is 13.7. The van der Waals surface area contributed by atoms with Crippen LogP contribution in [0, 0.1) is 5.92 Å². The minimum Gasteiger partial charge on any atom is -0.497 e. The minimum atomic E-state index is -3.89. The number of nitrogens with zero attached hydrogens (tertiary/aromatic N) is 3. The van der Waals surface area contributed by atoms with Crippen molar-refractivity contribution in [1.82, 2.24) is 14.2 Å². The molecule has 0 unspecified atom stereocenters. The van der Waals surface area contributed by atoms with Crippen molar-refractivity contribution in [2.45, 2.75) is 37.4 Å². The second-order valence-electron chi connectivity index (χ2n) is 9.69. The van der Waals surface area contributed by atoms with Crippen molar-refractivity contribution in [1.29, 1.82) is 0 Å². The van der Waals surface area contributed by atoms with Crippen LogP contribution in [0.25, 0.3) is 11.1 Å². The Bertz CT molecular complexity index is 1280. The number of hydrogen-bond donors (Lipinski definition) is 1. The summed E-state index contributed by atoms with van der Waals surface area (Å²) in [4.78, 5) is 6.46. The zero-order valence-electron chi connectivity index (χ0n) is 21.7. The summed E-state index contributed by atoms with van der Waals surface area (Å²) in [5.41, 5.74) is 2.85. The normalized spacial score (nSPS) is 20.4. The van der Waals surface area contributed by atoms with Crippen molar-refractivity contribution in [3.8, 4) is 22.6 Å². The third-order valence-corrected chi connectivity index (χ3v) is 8.78. The van der Waals surface area contributed by atoms with E-state index in [4.69, 9.17) is 9.47 Å². The summed E-state index contributed by atoms with van der Waals surface area (Å²) in [5.74, 6) is 0.931. The monoisotopic (exact) mass is 525 g/mol. The highest BCUT2D eigenvalue weighted by Crippen LogP contribution is 2.37. The van der Waals surface area contributed by atoms with E-state index in [1.807, 2.05) is 56.6 Å². The summed E-state index contributed by atoms with van der Waals surface area (Å²) >= 11 is 0. The van der Waals surface area contributed by atoms with Crippen LogP contribution in [0.15, 0.2) is 71.9 Å². The van der Waals surface area contributed by atoms with E-state index in [0.29, 0.717) is 18.8 Å². The molecule has 37 heavy (non-hydrogen) atoms. The van der Waals surface area contributed by atoms with Gasteiger partial charge in [-0.3, -0.25) is 9.88 Å². The van der Waals surface area contributed by atoms with Gasteiger partial charge in [0, 0.05) is 44.0 Å². The van der Waals surface area contributed by atoms with Crippen LogP contribution in [-0.4, -0.2) is 73.7 Å². The van der Waals surface area contributed by atoms with E-state index in [0.717, 1.165) is 22.4 Å². The number of sulfonamides is 1. The van der Waals surface area contributed by atoms with Crippen LogP contribution in [0.2, 0.25) is 0 Å². The molecule has 198 valence electrons. The number of aromatic nitrogens is 1. The quantitative estimate of drug-likeness (QED) is 0.480. The SMILES string of the molecule is COc1ccc(-c2ccc3c(c2)O[C@@H](CN(C)Cc2cccnc2)[C@@H](C)CN([C@H](C)CO)S3(=O)=O)cc1. The molecule has 3 aromatic rings. The number of fused-ring (bicyclic) bond motifs is 1. The van der Waals surface area contributed by atoms with Gasteiger partial charge in [0.25, 0.3) is 0 Å². The van der Waals surface area contributed by atoms with E-state index in [-0.39, 0.29) is 30.1 Å². The summed E-state index contributed by atoms with van der Waals surface area (Å²) < 4.78 is 40.6. The van der Waals surface area contributed by atoms with Gasteiger partial charge in [0.2, 0.25) is 10.0 Å². The Kier molecular flexibility index (Phi) is 8.49. The topological polar surface area (TPSA) is 92.2 Å². The molecule has 1 aromatic heterocycles. The van der Waals surface area contributed by atoms with E-state index in [9.17, 15) is 13.5 Å². The summed E-state index contributed by atoms with van der Waals surface area (Å²) in [6.07, 6.45) is 3.31. The molecule has 0 spiro atoms. The second kappa shape index (κ2) is 11.6. The smallest absolute Gasteiger partial charge is 0.247 e. The van der Waals surface area contributed by atoms with Gasteiger partial charge in [0.05, 0.1) is 13.7 Å². The maximum absolute atomic E-state index is 13.7. The van der Waals surface area contributed by atoms with E-state index in [1.54, 1.807) is 38.4 Å². The first kappa shape index (κ1) is 27.1. The number of aliphatic hydroxyl groups excluding tert-OH is 1. The minimum absolute atomic E-state index is 0.108. The lowest BCUT2D eigenvalue weighted by Crippen LogP contribution is -2.49. The first-order chi connectivity index (χ1) is 17.7. The predicted octanol–water partition coefficient (Wildman–Crippen LogP) is 3.66. The number of rotatable bonds is 8. The van der Waals surface area contributed by atoms with Crippen LogP contribution in [-0.2, 0) is 16.6 Å². The first-order valence-electron chi connectivity index (χ1n) is 12.4. The molecule has 1 aliphatic rings. The van der Waals surface area contributed by atoms with Crippen molar-refractivity contribution in [3.63, 3.8) is 0 Å². The van der Waals surface area contributed by atoms with Crippen molar-refractivity contribution in [2.75, 3.05) is 33.9 Å².